The molecule has 0 spiro atoms. The summed E-state index contributed by atoms with van der Waals surface area (Å²) in [6.07, 6.45) is -4.92. The van der Waals surface area contributed by atoms with Crippen molar-refractivity contribution in [1.82, 2.24) is 4.90 Å². The molecule has 16 heavy (non-hydrogen) atoms. The fraction of sp³-hybridized carbons (Fsp3) is 0.750. The van der Waals surface area contributed by atoms with Crippen molar-refractivity contribution in [3.05, 3.63) is 0 Å². The van der Waals surface area contributed by atoms with E-state index in [0.29, 0.717) is 11.8 Å². The smallest absolute Gasteiger partial charge is 0.415 e. The van der Waals surface area contributed by atoms with Crippen LogP contribution in [0.1, 0.15) is 13.8 Å². The molecule has 0 saturated heterocycles. The van der Waals surface area contributed by atoms with Crippen molar-refractivity contribution in [2.24, 2.45) is 5.73 Å². The van der Waals surface area contributed by atoms with Crippen LogP contribution in [-0.2, 0) is 9.59 Å². The van der Waals surface area contributed by atoms with E-state index in [4.69, 9.17) is 10.8 Å². The lowest BCUT2D eigenvalue weighted by Gasteiger charge is -2.31. The van der Waals surface area contributed by atoms with Gasteiger partial charge in [-0.3, -0.25) is 9.59 Å². The van der Waals surface area contributed by atoms with Gasteiger partial charge in [0.05, 0.1) is 0 Å². The second-order valence-corrected chi connectivity index (χ2v) is 3.41. The number of carboxylic acid groups (broad SMARTS) is 1. The maximum atomic E-state index is 12.4. The van der Waals surface area contributed by atoms with Gasteiger partial charge in [-0.15, -0.1) is 0 Å². The van der Waals surface area contributed by atoms with E-state index in [-0.39, 0.29) is 6.54 Å². The Morgan fingerprint density at radius 3 is 2.06 bits per heavy atom. The van der Waals surface area contributed by atoms with Gasteiger partial charge in [0.15, 0.2) is 5.54 Å². The summed E-state index contributed by atoms with van der Waals surface area (Å²) in [5.74, 6) is -2.85. The standard InChI is InChI=1S/C8H13F3N2O3/c1-3-13(4-5(14)15)6(16)7(2,12)8(9,10)11/h3-4,12H2,1-2H3,(H,14,15). The van der Waals surface area contributed by atoms with Crippen molar-refractivity contribution in [2.45, 2.75) is 25.6 Å². The number of hydrogen-bond donors (Lipinski definition) is 2. The topological polar surface area (TPSA) is 83.6 Å². The van der Waals surface area contributed by atoms with Crippen LogP contribution in [0.3, 0.4) is 0 Å². The fourth-order valence-corrected chi connectivity index (χ4v) is 0.940. The van der Waals surface area contributed by atoms with E-state index in [2.05, 4.69) is 0 Å². The number of carbonyl (C=O) groups is 2. The highest BCUT2D eigenvalue weighted by atomic mass is 19.4. The minimum Gasteiger partial charge on any atom is -0.480 e. The van der Waals surface area contributed by atoms with Gasteiger partial charge in [0.25, 0.3) is 5.91 Å². The number of aliphatic carboxylic acids is 1. The van der Waals surface area contributed by atoms with E-state index in [0.717, 1.165) is 0 Å². The predicted molar refractivity (Wildman–Crippen MR) is 48.5 cm³/mol. The van der Waals surface area contributed by atoms with Gasteiger partial charge in [0, 0.05) is 6.54 Å². The number of nitrogens with zero attached hydrogens (tertiary/aromatic N) is 1. The third-order valence-electron chi connectivity index (χ3n) is 2.03. The number of likely N-dealkylation sites (N-methyl/N-ethyl adjacent to an activating group) is 1. The van der Waals surface area contributed by atoms with E-state index in [1.165, 1.54) is 6.92 Å². The zero-order chi connectivity index (χ0) is 13.1. The summed E-state index contributed by atoms with van der Waals surface area (Å²) in [7, 11) is 0. The molecule has 0 aliphatic heterocycles. The molecule has 1 atom stereocenters. The third kappa shape index (κ3) is 3.09. The predicted octanol–water partition coefficient (Wildman–Crippen LogP) is 0.199. The number of alkyl halides is 3. The number of rotatable bonds is 4. The Kier molecular flexibility index (Phi) is 4.30. The van der Waals surface area contributed by atoms with Gasteiger partial charge >= 0.3 is 12.1 Å². The summed E-state index contributed by atoms with van der Waals surface area (Å²) in [6.45, 7) is 0.916. The first kappa shape index (κ1) is 14.7. The molecule has 0 bridgehead atoms. The van der Waals surface area contributed by atoms with Crippen molar-refractivity contribution in [3.63, 3.8) is 0 Å². The quantitative estimate of drug-likeness (QED) is 0.737. The first-order valence-corrected chi connectivity index (χ1v) is 4.40. The lowest BCUT2D eigenvalue weighted by molar-refractivity contribution is -0.194. The Hall–Kier alpha value is -1.31. The molecule has 0 fully saturated rings. The van der Waals surface area contributed by atoms with Crippen molar-refractivity contribution < 1.29 is 27.9 Å². The number of carbonyl (C=O) groups excluding carboxylic acids is 1. The van der Waals surface area contributed by atoms with Crippen LogP contribution in [0, 0.1) is 0 Å². The van der Waals surface area contributed by atoms with Crippen LogP contribution in [-0.4, -0.2) is 46.7 Å². The SMILES string of the molecule is CCN(CC(=O)O)C(=O)C(C)(N)C(F)(F)F. The number of halogens is 3. The van der Waals surface area contributed by atoms with Crippen molar-refractivity contribution >= 4 is 11.9 Å². The van der Waals surface area contributed by atoms with Crippen LogP contribution in [0.15, 0.2) is 0 Å². The van der Waals surface area contributed by atoms with Gasteiger partial charge in [-0.2, -0.15) is 13.2 Å². The largest absolute Gasteiger partial charge is 0.480 e. The molecule has 0 aromatic carbocycles. The molecule has 0 aliphatic rings. The highest BCUT2D eigenvalue weighted by Crippen LogP contribution is 2.29. The van der Waals surface area contributed by atoms with Crippen LogP contribution in [0.25, 0.3) is 0 Å². The monoisotopic (exact) mass is 242 g/mol. The summed E-state index contributed by atoms with van der Waals surface area (Å²) in [4.78, 5) is 22.3. The first-order chi connectivity index (χ1) is 7.04. The summed E-state index contributed by atoms with van der Waals surface area (Å²) in [5, 5.41) is 8.42. The summed E-state index contributed by atoms with van der Waals surface area (Å²) < 4.78 is 37.2. The molecular weight excluding hydrogens is 229 g/mol. The third-order valence-corrected chi connectivity index (χ3v) is 2.03. The van der Waals surface area contributed by atoms with E-state index >= 15 is 0 Å². The molecule has 0 radical (unpaired) electrons. The average molecular weight is 242 g/mol. The van der Waals surface area contributed by atoms with Gasteiger partial charge in [0.1, 0.15) is 6.54 Å². The second kappa shape index (κ2) is 4.69. The maximum absolute atomic E-state index is 12.4. The molecule has 94 valence electrons. The molecule has 3 N–H and O–H groups in total. The first-order valence-electron chi connectivity index (χ1n) is 4.40. The molecule has 0 heterocycles. The van der Waals surface area contributed by atoms with Crippen molar-refractivity contribution in [3.8, 4) is 0 Å². The van der Waals surface area contributed by atoms with Crippen LogP contribution < -0.4 is 5.73 Å². The minimum absolute atomic E-state index is 0.159. The molecule has 0 rings (SSSR count). The Morgan fingerprint density at radius 2 is 1.81 bits per heavy atom. The zero-order valence-corrected chi connectivity index (χ0v) is 8.84. The molecule has 1 unspecified atom stereocenters. The average Bonchev–Trinajstić information content (AvgIpc) is 2.10. The number of nitrogens with two attached hydrogens (primary N) is 1. The minimum atomic E-state index is -4.92. The van der Waals surface area contributed by atoms with Gasteiger partial charge in [-0.05, 0) is 13.8 Å². The molecule has 0 saturated carbocycles. The molecule has 8 heteroatoms. The van der Waals surface area contributed by atoms with E-state index in [1.54, 1.807) is 0 Å². The van der Waals surface area contributed by atoms with Gasteiger partial charge < -0.3 is 15.7 Å². The Balaban J connectivity index is 4.95. The number of carboxylic acids is 1. The van der Waals surface area contributed by atoms with Crippen LogP contribution in [0.5, 0.6) is 0 Å². The highest BCUT2D eigenvalue weighted by molar-refractivity contribution is 5.89. The fourth-order valence-electron chi connectivity index (χ4n) is 0.940. The Bertz CT molecular complexity index is 289. The summed E-state index contributed by atoms with van der Waals surface area (Å²) in [5.41, 5.74) is 1.81. The normalized spacial score (nSPS) is 15.4. The molecule has 0 aliphatic carbocycles. The second-order valence-electron chi connectivity index (χ2n) is 3.41. The van der Waals surface area contributed by atoms with Crippen LogP contribution in [0.4, 0.5) is 13.2 Å². The lowest BCUT2D eigenvalue weighted by Crippen LogP contribution is -2.62. The highest BCUT2D eigenvalue weighted by Gasteiger charge is 2.55. The molecular formula is C8H13F3N2O3. The van der Waals surface area contributed by atoms with Crippen molar-refractivity contribution in [2.75, 3.05) is 13.1 Å². The Morgan fingerprint density at radius 1 is 1.38 bits per heavy atom. The maximum Gasteiger partial charge on any atom is 0.415 e. The van der Waals surface area contributed by atoms with E-state index in [1.807, 2.05) is 0 Å². The molecule has 0 aromatic heterocycles. The van der Waals surface area contributed by atoms with Gasteiger partial charge in [0.2, 0.25) is 0 Å². The van der Waals surface area contributed by atoms with Crippen molar-refractivity contribution in [1.29, 1.82) is 0 Å². The van der Waals surface area contributed by atoms with Crippen LogP contribution >= 0.6 is 0 Å². The van der Waals surface area contributed by atoms with Gasteiger partial charge in [-0.25, -0.2) is 0 Å². The zero-order valence-electron chi connectivity index (χ0n) is 8.84. The summed E-state index contributed by atoms with van der Waals surface area (Å²) in [6, 6.07) is 0. The molecule has 1 amide bonds. The number of hydrogen-bond acceptors (Lipinski definition) is 3. The van der Waals surface area contributed by atoms with E-state index in [9.17, 15) is 22.8 Å². The van der Waals surface area contributed by atoms with Crippen LogP contribution in [0.2, 0.25) is 0 Å². The van der Waals surface area contributed by atoms with E-state index < -0.39 is 30.1 Å². The molecule has 5 nitrogen and oxygen atoms in total. The lowest BCUT2D eigenvalue weighted by atomic mass is 10.0. The Labute approximate surface area is 90.0 Å². The van der Waals surface area contributed by atoms with Gasteiger partial charge in [-0.1, -0.05) is 0 Å². The number of amides is 1. The summed E-state index contributed by atoms with van der Waals surface area (Å²) >= 11 is 0. The molecule has 0 aromatic rings.